The number of rotatable bonds is 7. The highest BCUT2D eigenvalue weighted by molar-refractivity contribution is 6.08. The van der Waals surface area contributed by atoms with Crippen LogP contribution in [0.5, 0.6) is 0 Å². The van der Waals surface area contributed by atoms with E-state index in [2.05, 4.69) is 4.98 Å². The number of aliphatic hydroxyl groups is 1. The Balaban J connectivity index is 1.88. The predicted molar refractivity (Wildman–Crippen MR) is 98.4 cm³/mol. The molecule has 5 heteroatoms. The fourth-order valence-electron chi connectivity index (χ4n) is 3.29. The molecular weight excluding hydrogens is 328 g/mol. The van der Waals surface area contributed by atoms with Crippen molar-refractivity contribution in [2.24, 2.45) is 0 Å². The van der Waals surface area contributed by atoms with Crippen LogP contribution in [0.4, 0.5) is 0 Å². The summed E-state index contributed by atoms with van der Waals surface area (Å²) in [6.07, 6.45) is 3.16. The second-order valence-corrected chi connectivity index (χ2v) is 6.33. The van der Waals surface area contributed by atoms with Gasteiger partial charge in [-0.15, -0.1) is 0 Å². The molecule has 1 N–H and O–H groups in total. The first kappa shape index (κ1) is 17.9. The summed E-state index contributed by atoms with van der Waals surface area (Å²) in [6, 6.07) is 14.5. The smallest absolute Gasteiger partial charge is 0.290 e. The molecule has 0 saturated heterocycles. The van der Waals surface area contributed by atoms with Gasteiger partial charge in [0.25, 0.3) is 5.91 Å². The molecule has 1 aromatic carbocycles. The Morgan fingerprint density at radius 3 is 2.54 bits per heavy atom. The number of pyridine rings is 1. The number of benzene rings is 1. The summed E-state index contributed by atoms with van der Waals surface area (Å²) >= 11 is 0. The van der Waals surface area contributed by atoms with Gasteiger partial charge in [-0.3, -0.25) is 14.6 Å². The van der Waals surface area contributed by atoms with E-state index in [1.54, 1.807) is 18.3 Å². The maximum Gasteiger partial charge on any atom is 0.290 e. The molecule has 2 heterocycles. The van der Waals surface area contributed by atoms with Crippen molar-refractivity contribution >= 4 is 11.7 Å². The van der Waals surface area contributed by atoms with Crippen molar-refractivity contribution < 1.29 is 14.7 Å². The summed E-state index contributed by atoms with van der Waals surface area (Å²) in [5, 5.41) is 10.4. The summed E-state index contributed by atoms with van der Waals surface area (Å²) in [5.74, 6) is -1.15. The van der Waals surface area contributed by atoms with Gasteiger partial charge in [-0.1, -0.05) is 43.3 Å². The van der Waals surface area contributed by atoms with Gasteiger partial charge in [-0.25, -0.2) is 0 Å². The van der Waals surface area contributed by atoms with E-state index >= 15 is 0 Å². The normalized spacial score (nSPS) is 17.0. The first-order valence-corrected chi connectivity index (χ1v) is 8.85. The summed E-state index contributed by atoms with van der Waals surface area (Å²) in [7, 11) is 0. The number of hydrogen-bond acceptors (Lipinski definition) is 4. The molecule has 2 aromatic rings. The predicted octanol–water partition coefficient (Wildman–Crippen LogP) is 3.39. The van der Waals surface area contributed by atoms with Crippen molar-refractivity contribution in [1.82, 2.24) is 9.88 Å². The van der Waals surface area contributed by atoms with Gasteiger partial charge in [0.1, 0.15) is 6.04 Å². The van der Waals surface area contributed by atoms with E-state index in [0.29, 0.717) is 18.7 Å². The quantitative estimate of drug-likeness (QED) is 0.831. The number of amides is 1. The summed E-state index contributed by atoms with van der Waals surface area (Å²) in [4.78, 5) is 31.2. The third-order valence-corrected chi connectivity index (χ3v) is 4.52. The van der Waals surface area contributed by atoms with E-state index in [-0.39, 0.29) is 17.8 Å². The number of ketones is 1. The Morgan fingerprint density at radius 2 is 1.88 bits per heavy atom. The molecule has 0 fully saturated rings. The number of Topliss-reactive ketones (excluding diaryl/α,β-unsaturated/α-hetero) is 1. The fraction of sp³-hybridized carbons (Fsp3) is 0.286. The topological polar surface area (TPSA) is 70.5 Å². The molecule has 0 aliphatic carbocycles. The number of aryl methyl sites for hydroxylation is 1. The lowest BCUT2D eigenvalue weighted by Gasteiger charge is -2.25. The number of hydrogen-bond donors (Lipinski definition) is 1. The molecule has 0 spiro atoms. The Labute approximate surface area is 153 Å². The van der Waals surface area contributed by atoms with E-state index in [1.165, 1.54) is 4.90 Å². The Hall–Kier alpha value is -2.95. The SMILES string of the molecule is CCCN1C(=O)C(O)=C(C(=O)CCc2ccccc2)C1c1ccccn1. The molecule has 3 rings (SSSR count). The maximum absolute atomic E-state index is 12.9. The van der Waals surface area contributed by atoms with Gasteiger partial charge in [-0.2, -0.15) is 0 Å². The molecule has 1 atom stereocenters. The van der Waals surface area contributed by atoms with Crippen LogP contribution in [0.2, 0.25) is 0 Å². The van der Waals surface area contributed by atoms with Crippen molar-refractivity contribution in [2.75, 3.05) is 6.54 Å². The van der Waals surface area contributed by atoms with Gasteiger partial charge >= 0.3 is 0 Å². The maximum atomic E-state index is 12.9. The van der Waals surface area contributed by atoms with Crippen molar-refractivity contribution in [1.29, 1.82) is 0 Å². The minimum absolute atomic E-state index is 0.165. The van der Waals surface area contributed by atoms with Gasteiger partial charge in [-0.05, 0) is 30.5 Å². The van der Waals surface area contributed by atoms with Crippen LogP contribution >= 0.6 is 0 Å². The number of aliphatic hydroxyl groups excluding tert-OH is 1. The molecule has 1 aliphatic heterocycles. The highest BCUT2D eigenvalue weighted by atomic mass is 16.3. The molecular formula is C21H22N2O3. The van der Waals surface area contributed by atoms with Crippen LogP contribution < -0.4 is 0 Å². The number of aromatic nitrogens is 1. The van der Waals surface area contributed by atoms with Crippen molar-refractivity contribution in [2.45, 2.75) is 32.2 Å². The lowest BCUT2D eigenvalue weighted by molar-refractivity contribution is -0.129. The monoisotopic (exact) mass is 350 g/mol. The largest absolute Gasteiger partial charge is 0.503 e. The van der Waals surface area contributed by atoms with Crippen LogP contribution in [0, 0.1) is 0 Å². The number of carbonyl (C=O) groups is 2. The Kier molecular flexibility index (Phi) is 5.46. The van der Waals surface area contributed by atoms with E-state index in [9.17, 15) is 14.7 Å². The minimum atomic E-state index is -0.619. The molecule has 1 unspecified atom stereocenters. The van der Waals surface area contributed by atoms with Gasteiger partial charge in [0.15, 0.2) is 11.5 Å². The highest BCUT2D eigenvalue weighted by Gasteiger charge is 2.43. The lowest BCUT2D eigenvalue weighted by Crippen LogP contribution is -2.32. The van der Waals surface area contributed by atoms with Gasteiger partial charge in [0.05, 0.1) is 11.3 Å². The van der Waals surface area contributed by atoms with Crippen LogP contribution in [0.15, 0.2) is 66.1 Å². The van der Waals surface area contributed by atoms with Crippen molar-refractivity contribution in [3.63, 3.8) is 0 Å². The van der Waals surface area contributed by atoms with Crippen LogP contribution in [-0.4, -0.2) is 33.2 Å². The third-order valence-electron chi connectivity index (χ3n) is 4.52. The highest BCUT2D eigenvalue weighted by Crippen LogP contribution is 2.37. The standard InChI is InChI=1S/C21H22N2O3/c1-2-14-23-19(16-10-6-7-13-22-16)18(20(25)21(23)26)17(24)12-11-15-8-4-3-5-9-15/h3-10,13,19,25H,2,11-12,14H2,1H3. The molecule has 0 saturated carbocycles. The first-order valence-electron chi connectivity index (χ1n) is 8.85. The van der Waals surface area contributed by atoms with Gasteiger partial charge < -0.3 is 10.0 Å². The number of carbonyl (C=O) groups excluding carboxylic acids is 2. The van der Waals surface area contributed by atoms with Gasteiger partial charge in [0.2, 0.25) is 0 Å². The molecule has 1 amide bonds. The summed E-state index contributed by atoms with van der Waals surface area (Å²) in [5.41, 5.74) is 1.81. The zero-order valence-corrected chi connectivity index (χ0v) is 14.8. The van der Waals surface area contributed by atoms with Gasteiger partial charge in [0, 0.05) is 19.2 Å². The minimum Gasteiger partial charge on any atom is -0.503 e. The van der Waals surface area contributed by atoms with Crippen LogP contribution in [0.25, 0.3) is 0 Å². The van der Waals surface area contributed by atoms with Crippen molar-refractivity contribution in [3.05, 3.63) is 77.3 Å². The third kappa shape index (κ3) is 3.52. The molecule has 26 heavy (non-hydrogen) atoms. The van der Waals surface area contributed by atoms with E-state index in [0.717, 1.165) is 12.0 Å². The van der Waals surface area contributed by atoms with Crippen LogP contribution in [0.3, 0.4) is 0 Å². The molecule has 1 aromatic heterocycles. The Morgan fingerprint density at radius 1 is 1.15 bits per heavy atom. The van der Waals surface area contributed by atoms with E-state index < -0.39 is 17.7 Å². The van der Waals surface area contributed by atoms with E-state index in [4.69, 9.17) is 0 Å². The lowest BCUT2D eigenvalue weighted by atomic mass is 9.95. The molecule has 134 valence electrons. The zero-order chi connectivity index (χ0) is 18.5. The van der Waals surface area contributed by atoms with Crippen molar-refractivity contribution in [3.8, 4) is 0 Å². The first-order chi connectivity index (χ1) is 12.6. The average Bonchev–Trinajstić information content (AvgIpc) is 2.93. The average molecular weight is 350 g/mol. The van der Waals surface area contributed by atoms with Crippen LogP contribution in [0.1, 0.15) is 37.1 Å². The fourth-order valence-corrected chi connectivity index (χ4v) is 3.29. The second kappa shape index (κ2) is 7.95. The molecule has 5 nitrogen and oxygen atoms in total. The summed E-state index contributed by atoms with van der Waals surface area (Å²) in [6.45, 7) is 2.41. The second-order valence-electron chi connectivity index (χ2n) is 6.33. The number of nitrogens with zero attached hydrogens (tertiary/aromatic N) is 2. The Bertz CT molecular complexity index is 816. The van der Waals surface area contributed by atoms with Crippen LogP contribution in [-0.2, 0) is 16.0 Å². The molecule has 0 bridgehead atoms. The zero-order valence-electron chi connectivity index (χ0n) is 14.8. The summed E-state index contributed by atoms with van der Waals surface area (Å²) < 4.78 is 0. The molecule has 1 aliphatic rings. The molecule has 0 radical (unpaired) electrons. The van der Waals surface area contributed by atoms with E-state index in [1.807, 2.05) is 43.3 Å².